The number of pyridine rings is 1. The summed E-state index contributed by atoms with van der Waals surface area (Å²) in [6.45, 7) is 9.42. The molecule has 4 nitrogen and oxygen atoms in total. The van der Waals surface area contributed by atoms with Gasteiger partial charge in [-0.3, -0.25) is 14.6 Å². The number of hydrogen-bond acceptors (Lipinski definition) is 3. The van der Waals surface area contributed by atoms with E-state index in [0.29, 0.717) is 17.6 Å². The third-order valence-corrected chi connectivity index (χ3v) is 5.09. The number of nitrogens with one attached hydrogen (secondary N) is 1. The summed E-state index contributed by atoms with van der Waals surface area (Å²) in [6.07, 6.45) is 1.18. The second-order valence-corrected chi connectivity index (χ2v) is 6.69. The van der Waals surface area contributed by atoms with Crippen LogP contribution < -0.4 is 5.56 Å². The van der Waals surface area contributed by atoms with Crippen molar-refractivity contribution in [1.82, 2.24) is 14.8 Å². The molecular formula is C18H24ClN3O. The number of H-pyrrole nitrogens is 1. The van der Waals surface area contributed by atoms with Gasteiger partial charge in [0.1, 0.15) is 0 Å². The lowest BCUT2D eigenvalue weighted by molar-refractivity contribution is 0.209. The third-order valence-electron chi connectivity index (χ3n) is 4.86. The maximum absolute atomic E-state index is 12.3. The molecule has 124 valence electrons. The predicted molar refractivity (Wildman–Crippen MR) is 96.2 cm³/mol. The minimum atomic E-state index is -0.00828. The van der Waals surface area contributed by atoms with Crippen molar-refractivity contribution in [3.63, 3.8) is 0 Å². The Kier molecular flexibility index (Phi) is 5.05. The second-order valence-electron chi connectivity index (χ2n) is 6.25. The van der Waals surface area contributed by atoms with E-state index in [1.165, 1.54) is 6.42 Å². The Morgan fingerprint density at radius 3 is 2.83 bits per heavy atom. The number of aromatic nitrogens is 1. The summed E-state index contributed by atoms with van der Waals surface area (Å²) in [6, 6.07) is 8.23. The normalized spacial score (nSPS) is 19.0. The fraction of sp³-hybridized carbons (Fsp3) is 0.500. The summed E-state index contributed by atoms with van der Waals surface area (Å²) in [5.74, 6) is 0. The van der Waals surface area contributed by atoms with Gasteiger partial charge in [0.2, 0.25) is 0 Å². The molecule has 1 aromatic carbocycles. The van der Waals surface area contributed by atoms with Gasteiger partial charge in [-0.2, -0.15) is 0 Å². The molecule has 1 unspecified atom stereocenters. The summed E-state index contributed by atoms with van der Waals surface area (Å²) >= 11 is 5.99. The first-order chi connectivity index (χ1) is 11.1. The van der Waals surface area contributed by atoms with Gasteiger partial charge in [-0.15, -0.1) is 0 Å². The first-order valence-electron chi connectivity index (χ1n) is 8.38. The van der Waals surface area contributed by atoms with Crippen molar-refractivity contribution in [3.05, 3.63) is 45.2 Å². The van der Waals surface area contributed by atoms with Gasteiger partial charge in [0.05, 0.1) is 0 Å². The van der Waals surface area contributed by atoms with Crippen molar-refractivity contribution in [3.8, 4) is 0 Å². The smallest absolute Gasteiger partial charge is 0.252 e. The second kappa shape index (κ2) is 7.04. The van der Waals surface area contributed by atoms with Crippen LogP contribution in [0.15, 0.2) is 29.1 Å². The topological polar surface area (TPSA) is 39.3 Å². The Bertz CT molecular complexity index is 739. The molecule has 23 heavy (non-hydrogen) atoms. The van der Waals surface area contributed by atoms with Gasteiger partial charge in [-0.05, 0) is 43.1 Å². The molecule has 0 spiro atoms. The zero-order chi connectivity index (χ0) is 16.4. The summed E-state index contributed by atoms with van der Waals surface area (Å²) in [5.41, 5.74) is 1.62. The van der Waals surface area contributed by atoms with Crippen LogP contribution in [0.4, 0.5) is 0 Å². The highest BCUT2D eigenvalue weighted by molar-refractivity contribution is 6.31. The van der Waals surface area contributed by atoms with Crippen molar-refractivity contribution < 1.29 is 0 Å². The average Bonchev–Trinajstić information content (AvgIpc) is 2.98. The molecule has 1 aliphatic rings. The Morgan fingerprint density at radius 2 is 2.09 bits per heavy atom. The number of fused-ring (bicyclic) bond motifs is 1. The molecule has 1 aliphatic heterocycles. The van der Waals surface area contributed by atoms with Crippen LogP contribution in [0, 0.1) is 0 Å². The van der Waals surface area contributed by atoms with Crippen molar-refractivity contribution in [2.24, 2.45) is 0 Å². The number of nitrogens with zero attached hydrogens (tertiary/aromatic N) is 2. The Balaban J connectivity index is 1.76. The quantitative estimate of drug-likeness (QED) is 0.914. The molecule has 2 heterocycles. The molecule has 0 amide bonds. The van der Waals surface area contributed by atoms with Crippen LogP contribution in [0.2, 0.25) is 5.02 Å². The Morgan fingerprint density at radius 1 is 1.30 bits per heavy atom. The zero-order valence-electron chi connectivity index (χ0n) is 13.8. The lowest BCUT2D eigenvalue weighted by atomic mass is 10.1. The van der Waals surface area contributed by atoms with E-state index in [1.54, 1.807) is 6.07 Å². The van der Waals surface area contributed by atoms with Crippen LogP contribution in [0.1, 0.15) is 25.8 Å². The van der Waals surface area contributed by atoms with Gasteiger partial charge < -0.3 is 4.98 Å². The number of likely N-dealkylation sites (tertiary alicyclic amines) is 1. The van der Waals surface area contributed by atoms with Gasteiger partial charge in [-0.25, -0.2) is 0 Å². The minimum absolute atomic E-state index is 0.00828. The van der Waals surface area contributed by atoms with E-state index in [9.17, 15) is 4.79 Å². The summed E-state index contributed by atoms with van der Waals surface area (Å²) in [5, 5.41) is 1.67. The van der Waals surface area contributed by atoms with Crippen molar-refractivity contribution in [1.29, 1.82) is 0 Å². The van der Waals surface area contributed by atoms with Crippen molar-refractivity contribution >= 4 is 22.5 Å². The van der Waals surface area contributed by atoms with Crippen LogP contribution in [-0.4, -0.2) is 47.0 Å². The van der Waals surface area contributed by atoms with Crippen molar-refractivity contribution in [2.45, 2.75) is 32.9 Å². The van der Waals surface area contributed by atoms with Crippen LogP contribution in [0.25, 0.3) is 10.9 Å². The van der Waals surface area contributed by atoms with Gasteiger partial charge >= 0.3 is 0 Å². The first kappa shape index (κ1) is 16.5. The highest BCUT2D eigenvalue weighted by Crippen LogP contribution is 2.20. The van der Waals surface area contributed by atoms with Crippen LogP contribution in [-0.2, 0) is 6.54 Å². The van der Waals surface area contributed by atoms with Crippen LogP contribution in [0.3, 0.4) is 0 Å². The molecule has 1 fully saturated rings. The van der Waals surface area contributed by atoms with Gasteiger partial charge in [-0.1, -0.05) is 31.5 Å². The lowest BCUT2D eigenvalue weighted by Crippen LogP contribution is -2.37. The number of hydrogen-bond donors (Lipinski definition) is 1. The van der Waals surface area contributed by atoms with Gasteiger partial charge in [0.25, 0.3) is 5.56 Å². The molecule has 1 saturated heterocycles. The van der Waals surface area contributed by atoms with E-state index in [0.717, 1.165) is 42.6 Å². The highest BCUT2D eigenvalue weighted by atomic mass is 35.5. The molecule has 1 N–H and O–H groups in total. The van der Waals surface area contributed by atoms with E-state index in [4.69, 9.17) is 11.6 Å². The average molecular weight is 334 g/mol. The first-order valence-corrected chi connectivity index (χ1v) is 8.76. The predicted octanol–water partition coefficient (Wildman–Crippen LogP) is 3.10. The van der Waals surface area contributed by atoms with E-state index in [-0.39, 0.29) is 5.56 Å². The SMILES string of the molecule is CCN(CC)C1CCN(Cc2cc3ccc(Cl)cc3[nH]c2=O)C1. The monoisotopic (exact) mass is 333 g/mol. The number of aromatic amines is 1. The molecule has 5 heteroatoms. The molecule has 0 bridgehead atoms. The summed E-state index contributed by atoms with van der Waals surface area (Å²) in [4.78, 5) is 20.2. The summed E-state index contributed by atoms with van der Waals surface area (Å²) in [7, 11) is 0. The Labute approximate surface area is 142 Å². The number of halogens is 1. The largest absolute Gasteiger partial charge is 0.322 e. The molecule has 2 aromatic rings. The fourth-order valence-electron chi connectivity index (χ4n) is 3.57. The molecular weight excluding hydrogens is 310 g/mol. The van der Waals surface area contributed by atoms with Gasteiger partial charge in [0, 0.05) is 41.8 Å². The number of rotatable bonds is 5. The van der Waals surface area contributed by atoms with E-state index in [1.807, 2.05) is 18.2 Å². The van der Waals surface area contributed by atoms with E-state index in [2.05, 4.69) is 28.6 Å². The van der Waals surface area contributed by atoms with Crippen LogP contribution >= 0.6 is 11.6 Å². The van der Waals surface area contributed by atoms with Gasteiger partial charge in [0.15, 0.2) is 0 Å². The maximum atomic E-state index is 12.3. The lowest BCUT2D eigenvalue weighted by Gasteiger charge is -2.26. The molecule has 0 aliphatic carbocycles. The van der Waals surface area contributed by atoms with E-state index < -0.39 is 0 Å². The molecule has 1 atom stereocenters. The molecule has 3 rings (SSSR count). The molecule has 1 aromatic heterocycles. The number of likely N-dealkylation sites (N-methyl/N-ethyl adjacent to an activating group) is 1. The van der Waals surface area contributed by atoms with Crippen molar-refractivity contribution in [2.75, 3.05) is 26.2 Å². The number of benzene rings is 1. The maximum Gasteiger partial charge on any atom is 0.252 e. The minimum Gasteiger partial charge on any atom is -0.322 e. The standard InChI is InChI=1S/C18H24ClN3O/c1-3-22(4-2)16-7-8-21(12-16)11-14-9-13-5-6-15(19)10-17(13)20-18(14)23/h5-6,9-10,16H,3-4,7-8,11-12H2,1-2H3,(H,20,23). The Hall–Kier alpha value is -1.36. The highest BCUT2D eigenvalue weighted by Gasteiger charge is 2.26. The van der Waals surface area contributed by atoms with E-state index >= 15 is 0 Å². The third kappa shape index (κ3) is 3.60. The van der Waals surface area contributed by atoms with Crippen LogP contribution in [0.5, 0.6) is 0 Å². The summed E-state index contributed by atoms with van der Waals surface area (Å²) < 4.78 is 0. The molecule has 0 radical (unpaired) electrons. The zero-order valence-corrected chi connectivity index (χ0v) is 14.6. The fourth-order valence-corrected chi connectivity index (χ4v) is 3.74. The molecule has 0 saturated carbocycles.